The molecule has 0 atom stereocenters. The molecule has 1 aliphatic rings. The van der Waals surface area contributed by atoms with Crippen LogP contribution in [-0.4, -0.2) is 25.8 Å². The summed E-state index contributed by atoms with van der Waals surface area (Å²) in [6.45, 7) is 0.631. The van der Waals surface area contributed by atoms with E-state index < -0.39 is 0 Å². The second-order valence-electron chi connectivity index (χ2n) is 8.30. The van der Waals surface area contributed by atoms with E-state index in [0.29, 0.717) is 34.8 Å². The highest BCUT2D eigenvalue weighted by atomic mass is 16.5. The number of rotatable bonds is 6. The van der Waals surface area contributed by atoms with E-state index in [-0.39, 0.29) is 5.91 Å². The number of pyridine rings is 1. The first kappa shape index (κ1) is 19.4. The van der Waals surface area contributed by atoms with Gasteiger partial charge in [-0.1, -0.05) is 47.6 Å². The molecule has 1 amide bonds. The van der Waals surface area contributed by atoms with Crippen LogP contribution in [0.4, 0.5) is 5.69 Å². The molecule has 0 spiro atoms. The lowest BCUT2D eigenvalue weighted by Gasteiger charge is -2.10. The number of benzene rings is 2. The molecule has 0 unspecified atom stereocenters. The maximum absolute atomic E-state index is 13.5. The molecule has 3 aromatic heterocycles. The van der Waals surface area contributed by atoms with Crippen molar-refractivity contribution in [3.05, 3.63) is 95.9 Å². The van der Waals surface area contributed by atoms with E-state index in [1.165, 1.54) is 0 Å². The van der Waals surface area contributed by atoms with Gasteiger partial charge in [0.1, 0.15) is 5.69 Å². The summed E-state index contributed by atoms with van der Waals surface area (Å²) in [6, 6.07) is 21.3. The lowest BCUT2D eigenvalue weighted by atomic mass is 10.0. The first-order chi connectivity index (χ1) is 16.2. The van der Waals surface area contributed by atoms with Crippen LogP contribution in [0, 0.1) is 0 Å². The van der Waals surface area contributed by atoms with Crippen LogP contribution in [0.15, 0.2) is 83.6 Å². The Morgan fingerprint density at radius 1 is 1.06 bits per heavy atom. The summed E-state index contributed by atoms with van der Waals surface area (Å²) in [4.78, 5) is 18.2. The Morgan fingerprint density at radius 2 is 1.94 bits per heavy atom. The molecule has 1 fully saturated rings. The minimum Gasteiger partial charge on any atom is -0.335 e. The Hall–Kier alpha value is -4.26. The van der Waals surface area contributed by atoms with Gasteiger partial charge < -0.3 is 9.84 Å². The number of carbonyl (C=O) groups excluding carboxylic acids is 1. The van der Waals surface area contributed by atoms with Crippen molar-refractivity contribution in [2.75, 3.05) is 5.32 Å². The van der Waals surface area contributed by atoms with Crippen molar-refractivity contribution in [3.8, 4) is 11.3 Å². The predicted molar refractivity (Wildman–Crippen MR) is 125 cm³/mol. The lowest BCUT2D eigenvalue weighted by molar-refractivity contribution is 0.102. The number of amides is 1. The summed E-state index contributed by atoms with van der Waals surface area (Å²) >= 11 is 0. The minimum atomic E-state index is -0.207. The fourth-order valence-electron chi connectivity index (χ4n) is 4.06. The molecular weight excluding hydrogens is 414 g/mol. The quantitative estimate of drug-likeness (QED) is 0.393. The average Bonchev–Trinajstić information content (AvgIpc) is 3.40. The highest BCUT2D eigenvalue weighted by Gasteiger charge is 2.29. The third-order valence-corrected chi connectivity index (χ3v) is 5.84. The molecule has 0 radical (unpaired) electrons. The van der Waals surface area contributed by atoms with Gasteiger partial charge in [-0.05, 0) is 42.7 Å². The summed E-state index contributed by atoms with van der Waals surface area (Å²) in [6.07, 6.45) is 5.82. The summed E-state index contributed by atoms with van der Waals surface area (Å²) in [7, 11) is 0. The van der Waals surface area contributed by atoms with E-state index >= 15 is 0 Å². The fourth-order valence-corrected chi connectivity index (χ4v) is 4.06. The van der Waals surface area contributed by atoms with Gasteiger partial charge in [-0.2, -0.15) is 5.10 Å². The molecule has 7 heteroatoms. The molecule has 0 bridgehead atoms. The van der Waals surface area contributed by atoms with Crippen molar-refractivity contribution in [1.82, 2.24) is 19.9 Å². The Labute approximate surface area is 190 Å². The number of hydrogen-bond acceptors (Lipinski definition) is 5. The van der Waals surface area contributed by atoms with E-state index in [4.69, 9.17) is 4.52 Å². The molecule has 2 aromatic carbocycles. The summed E-state index contributed by atoms with van der Waals surface area (Å²) in [5.74, 6) is 0.171. The second kappa shape index (κ2) is 8.02. The maximum atomic E-state index is 13.5. The van der Waals surface area contributed by atoms with E-state index in [0.717, 1.165) is 35.3 Å². The molecule has 33 heavy (non-hydrogen) atoms. The van der Waals surface area contributed by atoms with Crippen molar-refractivity contribution in [2.24, 2.45) is 0 Å². The van der Waals surface area contributed by atoms with E-state index in [1.807, 2.05) is 77.6 Å². The largest absolute Gasteiger partial charge is 0.335 e. The SMILES string of the molecule is O=C(Nc1cccc(Cn2cccn2)c1)c1cc(C2CC2)nc2onc(-c3ccccc3)c12. The van der Waals surface area contributed by atoms with Crippen LogP contribution in [0.2, 0.25) is 0 Å². The standard InChI is InChI=1S/C26H21N5O2/c32-25(28-20-9-4-6-17(14-20)16-31-13-5-12-27-31)21-15-22(18-10-11-18)29-26-23(21)24(30-33-26)19-7-2-1-3-8-19/h1-9,12-15,18H,10-11,16H2,(H,28,32). The number of aromatic nitrogens is 4. The van der Waals surface area contributed by atoms with E-state index in [1.54, 1.807) is 6.20 Å². The molecule has 6 rings (SSSR count). The first-order valence-corrected chi connectivity index (χ1v) is 11.0. The van der Waals surface area contributed by atoms with Crippen molar-refractivity contribution in [3.63, 3.8) is 0 Å². The number of nitrogens with one attached hydrogen (secondary N) is 1. The molecule has 162 valence electrons. The van der Waals surface area contributed by atoms with Crippen molar-refractivity contribution in [1.29, 1.82) is 0 Å². The molecule has 5 aromatic rings. The molecule has 1 saturated carbocycles. The predicted octanol–water partition coefficient (Wildman–Crippen LogP) is 5.26. The van der Waals surface area contributed by atoms with Gasteiger partial charge in [0.2, 0.25) is 0 Å². The second-order valence-corrected chi connectivity index (χ2v) is 8.30. The lowest BCUT2D eigenvalue weighted by Crippen LogP contribution is -2.14. The molecule has 3 heterocycles. The van der Waals surface area contributed by atoms with Gasteiger partial charge >= 0.3 is 0 Å². The van der Waals surface area contributed by atoms with Gasteiger partial charge in [-0.3, -0.25) is 9.48 Å². The number of nitrogens with zero attached hydrogens (tertiary/aromatic N) is 4. The summed E-state index contributed by atoms with van der Waals surface area (Å²) in [5.41, 5.74) is 5.09. The van der Waals surface area contributed by atoms with Gasteiger partial charge in [0.05, 0.1) is 17.5 Å². The number of carbonyl (C=O) groups is 1. The van der Waals surface area contributed by atoms with Crippen molar-refractivity contribution >= 4 is 22.7 Å². The normalized spacial score (nSPS) is 13.3. The van der Waals surface area contributed by atoms with Crippen LogP contribution in [-0.2, 0) is 6.54 Å². The third kappa shape index (κ3) is 3.89. The van der Waals surface area contributed by atoms with E-state index in [2.05, 4.69) is 20.6 Å². The van der Waals surface area contributed by atoms with Gasteiger partial charge in [0, 0.05) is 35.3 Å². The smallest absolute Gasteiger partial charge is 0.259 e. The number of anilines is 1. The summed E-state index contributed by atoms with van der Waals surface area (Å²) in [5, 5.41) is 12.2. The third-order valence-electron chi connectivity index (χ3n) is 5.84. The highest BCUT2D eigenvalue weighted by molar-refractivity contribution is 6.14. The Kier molecular flexibility index (Phi) is 4.72. The van der Waals surface area contributed by atoms with E-state index in [9.17, 15) is 4.79 Å². The molecule has 0 aliphatic heterocycles. The molecule has 7 nitrogen and oxygen atoms in total. The zero-order valence-corrected chi connectivity index (χ0v) is 17.8. The number of hydrogen-bond donors (Lipinski definition) is 1. The van der Waals surface area contributed by atoms with Crippen LogP contribution < -0.4 is 5.32 Å². The highest BCUT2D eigenvalue weighted by Crippen LogP contribution is 2.41. The Bertz CT molecular complexity index is 1440. The van der Waals surface area contributed by atoms with Crippen molar-refractivity contribution in [2.45, 2.75) is 25.3 Å². The number of fused-ring (bicyclic) bond motifs is 1. The van der Waals surface area contributed by atoms with Crippen LogP contribution in [0.5, 0.6) is 0 Å². The topological polar surface area (TPSA) is 85.8 Å². The molecule has 1 aliphatic carbocycles. The van der Waals surface area contributed by atoms with Crippen molar-refractivity contribution < 1.29 is 9.32 Å². The van der Waals surface area contributed by atoms with Crippen LogP contribution in [0.3, 0.4) is 0 Å². The van der Waals surface area contributed by atoms with Crippen LogP contribution >= 0.6 is 0 Å². The molecule has 1 N–H and O–H groups in total. The van der Waals surface area contributed by atoms with Gasteiger partial charge in [0.25, 0.3) is 11.6 Å². The van der Waals surface area contributed by atoms with Crippen LogP contribution in [0.1, 0.15) is 40.4 Å². The van der Waals surface area contributed by atoms with Gasteiger partial charge in [-0.25, -0.2) is 4.98 Å². The molecule has 0 saturated heterocycles. The van der Waals surface area contributed by atoms with Gasteiger partial charge in [-0.15, -0.1) is 0 Å². The Morgan fingerprint density at radius 3 is 2.73 bits per heavy atom. The Balaban J connectivity index is 1.37. The zero-order chi connectivity index (χ0) is 22.2. The first-order valence-electron chi connectivity index (χ1n) is 11.0. The van der Waals surface area contributed by atoms with Gasteiger partial charge in [0.15, 0.2) is 0 Å². The zero-order valence-electron chi connectivity index (χ0n) is 17.8. The summed E-state index contributed by atoms with van der Waals surface area (Å²) < 4.78 is 7.44. The average molecular weight is 435 g/mol. The monoisotopic (exact) mass is 435 g/mol. The fraction of sp³-hybridized carbons (Fsp3) is 0.154. The minimum absolute atomic E-state index is 0.207. The molecular formula is C26H21N5O2. The van der Waals surface area contributed by atoms with Crippen LogP contribution in [0.25, 0.3) is 22.4 Å². The maximum Gasteiger partial charge on any atom is 0.259 e.